The van der Waals surface area contributed by atoms with E-state index in [1.165, 1.54) is 11.9 Å². The third kappa shape index (κ3) is 2.96. The van der Waals surface area contributed by atoms with Crippen LogP contribution in [0.3, 0.4) is 0 Å². The summed E-state index contributed by atoms with van der Waals surface area (Å²) in [6.45, 7) is 4.23. The van der Waals surface area contributed by atoms with Gasteiger partial charge in [-0.2, -0.15) is 14.7 Å². The van der Waals surface area contributed by atoms with Crippen LogP contribution < -0.4 is 5.32 Å². The van der Waals surface area contributed by atoms with Crippen LogP contribution in [0.15, 0.2) is 55.2 Å². The van der Waals surface area contributed by atoms with Gasteiger partial charge in [0.05, 0.1) is 11.9 Å². The first-order chi connectivity index (χ1) is 12.2. The smallest absolute Gasteiger partial charge is 0.157 e. The number of nitrogens with zero attached hydrogens (tertiary/aromatic N) is 6. The van der Waals surface area contributed by atoms with E-state index in [1.54, 1.807) is 17.2 Å². The van der Waals surface area contributed by atoms with E-state index >= 15 is 0 Å². The number of hydrogen-bond acceptors (Lipinski definition) is 5. The van der Waals surface area contributed by atoms with Crippen molar-refractivity contribution in [3.05, 3.63) is 66.5 Å². The number of aromatic nitrogens is 6. The summed E-state index contributed by atoms with van der Waals surface area (Å²) in [6, 6.07) is 12.4. The van der Waals surface area contributed by atoms with E-state index < -0.39 is 0 Å². The summed E-state index contributed by atoms with van der Waals surface area (Å²) in [5.74, 6) is 0.944. The summed E-state index contributed by atoms with van der Waals surface area (Å²) in [5.41, 5.74) is 4.07. The third-order valence-corrected chi connectivity index (χ3v) is 4.22. The van der Waals surface area contributed by atoms with E-state index in [0.717, 1.165) is 29.3 Å². The molecule has 1 N–H and O–H groups in total. The molecule has 3 heterocycles. The zero-order valence-electron chi connectivity index (χ0n) is 14.2. The summed E-state index contributed by atoms with van der Waals surface area (Å²) in [7, 11) is 0. The number of anilines is 1. The fraction of sp³-hybridized carbons (Fsp3) is 0.222. The first-order valence-electron chi connectivity index (χ1n) is 8.30. The third-order valence-electron chi connectivity index (χ3n) is 4.22. The Hall–Kier alpha value is -3.22. The summed E-state index contributed by atoms with van der Waals surface area (Å²) < 4.78 is 3.57. The lowest BCUT2D eigenvalue weighted by molar-refractivity contribution is 0.830. The molecule has 0 aliphatic heterocycles. The Balaban J connectivity index is 1.59. The average molecular weight is 333 g/mol. The van der Waals surface area contributed by atoms with E-state index in [4.69, 9.17) is 0 Å². The van der Waals surface area contributed by atoms with Crippen LogP contribution in [0.1, 0.15) is 31.1 Å². The van der Waals surface area contributed by atoms with Crippen molar-refractivity contribution in [3.8, 4) is 5.69 Å². The molecule has 0 unspecified atom stereocenters. The highest BCUT2D eigenvalue weighted by Crippen LogP contribution is 2.21. The normalized spacial score (nSPS) is 12.4. The summed E-state index contributed by atoms with van der Waals surface area (Å²) >= 11 is 0. The summed E-state index contributed by atoms with van der Waals surface area (Å²) in [4.78, 5) is 8.56. The molecule has 7 nitrogen and oxygen atoms in total. The van der Waals surface area contributed by atoms with Crippen molar-refractivity contribution in [1.82, 2.24) is 29.4 Å². The zero-order chi connectivity index (χ0) is 17.2. The molecular formula is C18H19N7. The van der Waals surface area contributed by atoms with Gasteiger partial charge in [-0.15, -0.1) is 0 Å². The lowest BCUT2D eigenvalue weighted by Crippen LogP contribution is -2.11. The van der Waals surface area contributed by atoms with Gasteiger partial charge in [0.25, 0.3) is 0 Å². The highest BCUT2D eigenvalue weighted by molar-refractivity contribution is 5.50. The van der Waals surface area contributed by atoms with Crippen molar-refractivity contribution in [2.24, 2.45) is 0 Å². The molecule has 126 valence electrons. The standard InChI is InChI=1S/C18H19N7/c1-3-15-10-18(25-17(23-15)8-9-20-25)22-13(2)14-4-6-16(7-5-14)24-12-19-11-21-24/h4-13,22H,3H2,1-2H3/t13-/m0/s1. The monoisotopic (exact) mass is 333 g/mol. The van der Waals surface area contributed by atoms with Crippen LogP contribution in [-0.2, 0) is 6.42 Å². The number of aryl methyl sites for hydroxylation is 1. The van der Waals surface area contributed by atoms with E-state index in [9.17, 15) is 0 Å². The van der Waals surface area contributed by atoms with Crippen molar-refractivity contribution in [2.75, 3.05) is 5.32 Å². The second-order valence-corrected chi connectivity index (χ2v) is 5.89. The first-order valence-corrected chi connectivity index (χ1v) is 8.30. The minimum absolute atomic E-state index is 0.129. The van der Waals surface area contributed by atoms with Gasteiger partial charge in [0.1, 0.15) is 18.5 Å². The van der Waals surface area contributed by atoms with E-state index in [-0.39, 0.29) is 6.04 Å². The highest BCUT2D eigenvalue weighted by atomic mass is 15.3. The first kappa shape index (κ1) is 15.3. The fourth-order valence-electron chi connectivity index (χ4n) is 2.81. The van der Waals surface area contributed by atoms with Crippen molar-refractivity contribution < 1.29 is 0 Å². The second-order valence-electron chi connectivity index (χ2n) is 5.89. The van der Waals surface area contributed by atoms with Crippen LogP contribution in [0.25, 0.3) is 11.3 Å². The van der Waals surface area contributed by atoms with Crippen molar-refractivity contribution in [3.63, 3.8) is 0 Å². The Labute approximate surface area is 145 Å². The van der Waals surface area contributed by atoms with Gasteiger partial charge in [0.15, 0.2) is 5.65 Å². The molecule has 0 radical (unpaired) electrons. The molecule has 3 aromatic heterocycles. The zero-order valence-corrected chi connectivity index (χ0v) is 14.2. The van der Waals surface area contributed by atoms with Gasteiger partial charge in [-0.05, 0) is 31.0 Å². The Bertz CT molecular complexity index is 971. The molecule has 0 aliphatic carbocycles. The van der Waals surface area contributed by atoms with Gasteiger partial charge in [-0.3, -0.25) is 0 Å². The van der Waals surface area contributed by atoms with Crippen molar-refractivity contribution in [1.29, 1.82) is 0 Å². The average Bonchev–Trinajstić information content (AvgIpc) is 3.33. The van der Waals surface area contributed by atoms with Gasteiger partial charge >= 0.3 is 0 Å². The topological polar surface area (TPSA) is 72.9 Å². The number of fused-ring (bicyclic) bond motifs is 1. The van der Waals surface area contributed by atoms with Gasteiger partial charge in [0, 0.05) is 23.9 Å². The van der Waals surface area contributed by atoms with Gasteiger partial charge in [-0.25, -0.2) is 14.6 Å². The maximum Gasteiger partial charge on any atom is 0.157 e. The van der Waals surface area contributed by atoms with Gasteiger partial charge in [-0.1, -0.05) is 19.1 Å². The number of benzene rings is 1. The van der Waals surface area contributed by atoms with Gasteiger partial charge in [0.2, 0.25) is 0 Å². The van der Waals surface area contributed by atoms with Crippen LogP contribution in [0.4, 0.5) is 5.82 Å². The molecule has 4 rings (SSSR count). The van der Waals surface area contributed by atoms with E-state index in [2.05, 4.69) is 57.5 Å². The molecule has 0 fully saturated rings. The molecule has 0 saturated carbocycles. The van der Waals surface area contributed by atoms with Crippen molar-refractivity contribution in [2.45, 2.75) is 26.3 Å². The van der Waals surface area contributed by atoms with Crippen LogP contribution in [0.2, 0.25) is 0 Å². The number of hydrogen-bond donors (Lipinski definition) is 1. The maximum absolute atomic E-state index is 4.58. The number of rotatable bonds is 5. The maximum atomic E-state index is 4.58. The number of nitrogens with one attached hydrogen (secondary N) is 1. The molecular weight excluding hydrogens is 314 g/mol. The fourth-order valence-corrected chi connectivity index (χ4v) is 2.81. The Morgan fingerprint density at radius 1 is 1.12 bits per heavy atom. The Kier molecular flexibility index (Phi) is 3.89. The van der Waals surface area contributed by atoms with Crippen molar-refractivity contribution >= 4 is 11.5 Å². The molecule has 7 heteroatoms. The molecule has 0 amide bonds. The van der Waals surface area contributed by atoms with E-state index in [1.807, 2.05) is 22.7 Å². The quantitative estimate of drug-likeness (QED) is 0.608. The predicted octanol–water partition coefficient (Wildman–Crippen LogP) is 3.05. The molecule has 1 atom stereocenters. The van der Waals surface area contributed by atoms with Crippen LogP contribution >= 0.6 is 0 Å². The van der Waals surface area contributed by atoms with Gasteiger partial charge < -0.3 is 5.32 Å². The van der Waals surface area contributed by atoms with Crippen LogP contribution in [-0.4, -0.2) is 29.4 Å². The predicted molar refractivity (Wildman–Crippen MR) is 95.8 cm³/mol. The SMILES string of the molecule is CCc1cc(N[C@@H](C)c2ccc(-n3cncn3)cc2)n2nccc2n1. The molecule has 25 heavy (non-hydrogen) atoms. The molecule has 0 bridgehead atoms. The lowest BCUT2D eigenvalue weighted by Gasteiger charge is -2.17. The summed E-state index contributed by atoms with van der Waals surface area (Å²) in [6.07, 6.45) is 5.87. The molecule has 1 aromatic carbocycles. The Morgan fingerprint density at radius 2 is 1.96 bits per heavy atom. The Morgan fingerprint density at radius 3 is 2.68 bits per heavy atom. The molecule has 4 aromatic rings. The largest absolute Gasteiger partial charge is 0.363 e. The minimum Gasteiger partial charge on any atom is -0.363 e. The molecule has 0 spiro atoms. The van der Waals surface area contributed by atoms with Crippen LogP contribution in [0, 0.1) is 0 Å². The van der Waals surface area contributed by atoms with Crippen LogP contribution in [0.5, 0.6) is 0 Å². The lowest BCUT2D eigenvalue weighted by atomic mass is 10.1. The highest BCUT2D eigenvalue weighted by Gasteiger charge is 2.11. The summed E-state index contributed by atoms with van der Waals surface area (Å²) in [5, 5.41) is 12.1. The minimum atomic E-state index is 0.129. The molecule has 0 saturated heterocycles. The second kappa shape index (κ2) is 6.35. The van der Waals surface area contributed by atoms with E-state index in [0.29, 0.717) is 0 Å². The molecule has 0 aliphatic rings.